The largest absolute Gasteiger partial charge is 0.385 e. The second kappa shape index (κ2) is 6.02. The monoisotopic (exact) mass is 263 g/mol. The van der Waals surface area contributed by atoms with Crippen molar-refractivity contribution in [1.29, 1.82) is 0 Å². The number of nitrogens with one attached hydrogen (secondary N) is 1. The second-order valence-electron chi connectivity index (χ2n) is 5.26. The molecule has 1 heterocycles. The fraction of sp³-hybridized carbons (Fsp3) is 0.571. The summed E-state index contributed by atoms with van der Waals surface area (Å²) in [5.41, 5.74) is 2.20. The highest BCUT2D eigenvalue weighted by Crippen LogP contribution is 2.26. The highest BCUT2D eigenvalue weighted by molar-refractivity contribution is 5.56. The van der Waals surface area contributed by atoms with Crippen LogP contribution in [-0.4, -0.2) is 29.5 Å². The van der Waals surface area contributed by atoms with Crippen molar-refractivity contribution in [2.45, 2.75) is 26.8 Å². The van der Waals surface area contributed by atoms with E-state index in [1.807, 2.05) is 13.0 Å². The first-order valence-electron chi connectivity index (χ1n) is 6.83. The molecule has 5 nitrogen and oxygen atoms in total. The van der Waals surface area contributed by atoms with Crippen LogP contribution in [0.5, 0.6) is 0 Å². The molecule has 0 bridgehead atoms. The van der Waals surface area contributed by atoms with E-state index in [9.17, 15) is 10.1 Å². The maximum absolute atomic E-state index is 10.9. The Hall–Kier alpha value is -1.62. The number of rotatable bonds is 5. The average molecular weight is 263 g/mol. The first-order chi connectivity index (χ1) is 9.10. The number of non-ortho nitro benzene ring substituents is 1. The van der Waals surface area contributed by atoms with Crippen molar-refractivity contribution in [3.05, 3.63) is 33.9 Å². The minimum atomic E-state index is -0.328. The van der Waals surface area contributed by atoms with Gasteiger partial charge in [0.2, 0.25) is 0 Å². The summed E-state index contributed by atoms with van der Waals surface area (Å²) >= 11 is 0. The first-order valence-corrected chi connectivity index (χ1v) is 6.83. The fourth-order valence-corrected chi connectivity index (χ4v) is 2.60. The maximum atomic E-state index is 10.9. The highest BCUT2D eigenvalue weighted by atomic mass is 16.6. The summed E-state index contributed by atoms with van der Waals surface area (Å²) in [7, 11) is 0. The predicted molar refractivity (Wildman–Crippen MR) is 76.3 cm³/mol. The van der Waals surface area contributed by atoms with Crippen LogP contribution in [-0.2, 0) is 6.54 Å². The molecule has 1 aliphatic heterocycles. The zero-order valence-electron chi connectivity index (χ0n) is 11.6. The van der Waals surface area contributed by atoms with Gasteiger partial charge in [-0.05, 0) is 37.4 Å². The number of nitro groups is 1. The van der Waals surface area contributed by atoms with Crippen molar-refractivity contribution < 1.29 is 4.92 Å². The minimum absolute atomic E-state index is 0.170. The van der Waals surface area contributed by atoms with E-state index in [1.54, 1.807) is 12.1 Å². The molecule has 0 aromatic heterocycles. The first kappa shape index (κ1) is 13.8. The van der Waals surface area contributed by atoms with Gasteiger partial charge in [-0.15, -0.1) is 0 Å². The van der Waals surface area contributed by atoms with E-state index in [0.717, 1.165) is 43.3 Å². The molecular weight excluding hydrogens is 242 g/mol. The molecule has 1 N–H and O–H groups in total. The minimum Gasteiger partial charge on any atom is -0.385 e. The smallest absolute Gasteiger partial charge is 0.269 e. The number of nitrogens with zero attached hydrogens (tertiary/aromatic N) is 2. The zero-order chi connectivity index (χ0) is 13.8. The van der Waals surface area contributed by atoms with E-state index in [-0.39, 0.29) is 10.6 Å². The van der Waals surface area contributed by atoms with Crippen molar-refractivity contribution in [2.75, 3.05) is 25.0 Å². The third-order valence-electron chi connectivity index (χ3n) is 3.57. The molecule has 1 atom stereocenters. The summed E-state index contributed by atoms with van der Waals surface area (Å²) in [4.78, 5) is 12.9. The van der Waals surface area contributed by atoms with Gasteiger partial charge in [-0.2, -0.15) is 0 Å². The molecule has 1 unspecified atom stereocenters. The van der Waals surface area contributed by atoms with Gasteiger partial charge in [-0.1, -0.05) is 6.92 Å². The van der Waals surface area contributed by atoms with Crippen molar-refractivity contribution >= 4 is 11.4 Å². The zero-order valence-corrected chi connectivity index (χ0v) is 11.6. The van der Waals surface area contributed by atoms with Crippen molar-refractivity contribution in [1.82, 2.24) is 4.90 Å². The summed E-state index contributed by atoms with van der Waals surface area (Å²) in [6, 6.07) is 5.07. The van der Waals surface area contributed by atoms with Crippen LogP contribution in [0.25, 0.3) is 0 Å². The lowest BCUT2D eigenvalue weighted by Gasteiger charge is -2.18. The molecule has 1 aromatic carbocycles. The normalized spacial score (nSPS) is 19.6. The Morgan fingerprint density at radius 3 is 2.89 bits per heavy atom. The summed E-state index contributed by atoms with van der Waals surface area (Å²) in [5.74, 6) is 0.723. The van der Waals surface area contributed by atoms with Gasteiger partial charge in [-0.25, -0.2) is 0 Å². The molecule has 1 aromatic rings. The highest BCUT2D eigenvalue weighted by Gasteiger charge is 2.20. The lowest BCUT2D eigenvalue weighted by atomic mass is 10.1. The van der Waals surface area contributed by atoms with Gasteiger partial charge in [0.25, 0.3) is 5.69 Å². The molecule has 1 saturated heterocycles. The second-order valence-corrected chi connectivity index (χ2v) is 5.26. The van der Waals surface area contributed by atoms with Crippen LogP contribution in [0.3, 0.4) is 0 Å². The molecule has 1 fully saturated rings. The number of nitro benzene ring substituents is 1. The topological polar surface area (TPSA) is 58.4 Å². The van der Waals surface area contributed by atoms with E-state index in [1.165, 1.54) is 6.42 Å². The predicted octanol–water partition coefficient (Wildman–Crippen LogP) is 2.87. The van der Waals surface area contributed by atoms with Crippen LogP contribution in [0.4, 0.5) is 11.4 Å². The lowest BCUT2D eigenvalue weighted by Crippen LogP contribution is -2.20. The molecule has 0 radical (unpaired) electrons. The molecule has 19 heavy (non-hydrogen) atoms. The molecule has 0 saturated carbocycles. The van der Waals surface area contributed by atoms with E-state index in [0.29, 0.717) is 0 Å². The Balaban J connectivity index is 2.19. The van der Waals surface area contributed by atoms with Gasteiger partial charge in [0.15, 0.2) is 0 Å². The molecule has 1 aliphatic rings. The molecular formula is C14H21N3O2. The van der Waals surface area contributed by atoms with Crippen LogP contribution in [0.1, 0.15) is 25.8 Å². The van der Waals surface area contributed by atoms with Crippen LogP contribution < -0.4 is 5.32 Å². The Morgan fingerprint density at radius 1 is 1.53 bits per heavy atom. The fourth-order valence-electron chi connectivity index (χ4n) is 2.60. The van der Waals surface area contributed by atoms with Gasteiger partial charge >= 0.3 is 0 Å². The number of hydrogen-bond donors (Lipinski definition) is 1. The Labute approximate surface area is 113 Å². The van der Waals surface area contributed by atoms with Gasteiger partial charge in [0.1, 0.15) is 0 Å². The summed E-state index contributed by atoms with van der Waals surface area (Å²) in [6.07, 6.45) is 1.21. The van der Waals surface area contributed by atoms with Crippen molar-refractivity contribution in [2.24, 2.45) is 5.92 Å². The Kier molecular flexibility index (Phi) is 4.37. The molecule has 0 aliphatic carbocycles. The maximum Gasteiger partial charge on any atom is 0.269 e. The lowest BCUT2D eigenvalue weighted by molar-refractivity contribution is -0.384. The van der Waals surface area contributed by atoms with Crippen LogP contribution in [0.2, 0.25) is 0 Å². The van der Waals surface area contributed by atoms with Crippen LogP contribution >= 0.6 is 0 Å². The van der Waals surface area contributed by atoms with Gasteiger partial charge in [0, 0.05) is 37.5 Å². The van der Waals surface area contributed by atoms with Gasteiger partial charge in [0.05, 0.1) is 4.92 Å². The van der Waals surface area contributed by atoms with E-state index in [2.05, 4.69) is 17.1 Å². The summed E-state index contributed by atoms with van der Waals surface area (Å²) in [6.45, 7) is 8.04. The average Bonchev–Trinajstić information content (AvgIpc) is 2.77. The molecule has 0 spiro atoms. The van der Waals surface area contributed by atoms with Crippen molar-refractivity contribution in [3.63, 3.8) is 0 Å². The standard InChI is InChI=1S/C14H21N3O2/c1-3-15-14-5-4-13(17(18)19)8-12(14)10-16-7-6-11(2)9-16/h4-5,8,11,15H,3,6-7,9-10H2,1-2H3. The Bertz CT molecular complexity index is 462. The molecule has 2 rings (SSSR count). The molecule has 104 valence electrons. The van der Waals surface area contributed by atoms with E-state index in [4.69, 9.17) is 0 Å². The third-order valence-corrected chi connectivity index (χ3v) is 3.57. The van der Waals surface area contributed by atoms with Crippen LogP contribution in [0, 0.1) is 16.0 Å². The van der Waals surface area contributed by atoms with Crippen LogP contribution in [0.15, 0.2) is 18.2 Å². The number of hydrogen-bond acceptors (Lipinski definition) is 4. The van der Waals surface area contributed by atoms with Gasteiger partial charge in [-0.3, -0.25) is 15.0 Å². The quantitative estimate of drug-likeness (QED) is 0.655. The van der Waals surface area contributed by atoms with E-state index >= 15 is 0 Å². The van der Waals surface area contributed by atoms with Gasteiger partial charge < -0.3 is 5.32 Å². The number of benzene rings is 1. The molecule has 5 heteroatoms. The molecule has 0 amide bonds. The number of likely N-dealkylation sites (tertiary alicyclic amines) is 1. The van der Waals surface area contributed by atoms with E-state index < -0.39 is 0 Å². The Morgan fingerprint density at radius 2 is 2.32 bits per heavy atom. The van der Waals surface area contributed by atoms with Crippen molar-refractivity contribution in [3.8, 4) is 0 Å². The number of anilines is 1. The third kappa shape index (κ3) is 3.44. The summed E-state index contributed by atoms with van der Waals surface area (Å²) in [5, 5.41) is 14.2. The SMILES string of the molecule is CCNc1ccc([N+](=O)[O-])cc1CN1CCC(C)C1. The summed E-state index contributed by atoms with van der Waals surface area (Å²) < 4.78 is 0.